The Hall–Kier alpha value is -1.44. The quantitative estimate of drug-likeness (QED) is 0.700. The molecule has 1 N–H and O–H groups in total. The highest BCUT2D eigenvalue weighted by atomic mass is 32.2. The number of carbonyl (C=O) groups excluding carboxylic acids is 1. The molecular formula is C19H30N2O4S. The van der Waals surface area contributed by atoms with Crippen LogP contribution in [0.1, 0.15) is 38.7 Å². The third kappa shape index (κ3) is 5.79. The van der Waals surface area contributed by atoms with Gasteiger partial charge in [0, 0.05) is 26.2 Å². The molecular weight excluding hydrogens is 352 g/mol. The number of rotatable bonds is 8. The molecule has 0 bridgehead atoms. The summed E-state index contributed by atoms with van der Waals surface area (Å²) >= 11 is 0. The van der Waals surface area contributed by atoms with Crippen LogP contribution in [-0.2, 0) is 19.6 Å². The number of sulfonamides is 1. The minimum atomic E-state index is -3.55. The summed E-state index contributed by atoms with van der Waals surface area (Å²) in [6, 6.07) is 6.84. The van der Waals surface area contributed by atoms with Gasteiger partial charge in [-0.3, -0.25) is 4.79 Å². The van der Waals surface area contributed by atoms with E-state index >= 15 is 0 Å². The van der Waals surface area contributed by atoms with E-state index < -0.39 is 10.0 Å². The number of ether oxygens (including phenoxy) is 1. The van der Waals surface area contributed by atoms with Gasteiger partial charge in [-0.25, -0.2) is 8.42 Å². The van der Waals surface area contributed by atoms with Crippen LogP contribution in [0.25, 0.3) is 0 Å². The van der Waals surface area contributed by atoms with Gasteiger partial charge >= 0.3 is 0 Å². The Balaban J connectivity index is 1.89. The van der Waals surface area contributed by atoms with Gasteiger partial charge in [0.05, 0.1) is 16.9 Å². The number of aryl methyl sites for hydroxylation is 1. The number of benzene rings is 1. The molecule has 1 saturated heterocycles. The molecule has 1 fully saturated rings. The molecule has 1 aromatic carbocycles. The molecule has 1 atom stereocenters. The molecule has 0 aliphatic carbocycles. The average Bonchev–Trinajstić information content (AvgIpc) is 2.61. The predicted octanol–water partition coefficient (Wildman–Crippen LogP) is 2.33. The second-order valence-electron chi connectivity index (χ2n) is 7.08. The number of piperidine rings is 1. The molecule has 6 nitrogen and oxygen atoms in total. The molecule has 1 aromatic rings. The van der Waals surface area contributed by atoms with Gasteiger partial charge in [-0.05, 0) is 52.2 Å². The highest BCUT2D eigenvalue weighted by molar-refractivity contribution is 7.89. The molecule has 0 radical (unpaired) electrons. The minimum Gasteiger partial charge on any atom is -0.379 e. The Labute approximate surface area is 157 Å². The molecule has 2 rings (SSSR count). The Morgan fingerprint density at radius 2 is 2.00 bits per heavy atom. The van der Waals surface area contributed by atoms with Crippen LogP contribution in [0.5, 0.6) is 0 Å². The number of hydrogen-bond donors (Lipinski definition) is 1. The lowest BCUT2D eigenvalue weighted by Gasteiger charge is -2.31. The van der Waals surface area contributed by atoms with Crippen LogP contribution in [0.4, 0.5) is 0 Å². The third-order valence-electron chi connectivity index (χ3n) is 4.49. The van der Waals surface area contributed by atoms with Crippen LogP contribution in [0.3, 0.4) is 0 Å². The monoisotopic (exact) mass is 382 g/mol. The fourth-order valence-corrected chi connectivity index (χ4v) is 4.50. The van der Waals surface area contributed by atoms with Crippen molar-refractivity contribution in [2.24, 2.45) is 5.92 Å². The van der Waals surface area contributed by atoms with Crippen molar-refractivity contribution in [2.45, 2.75) is 51.0 Å². The predicted molar refractivity (Wildman–Crippen MR) is 101 cm³/mol. The van der Waals surface area contributed by atoms with Gasteiger partial charge < -0.3 is 10.1 Å². The van der Waals surface area contributed by atoms with Crippen molar-refractivity contribution in [3.05, 3.63) is 29.8 Å². The normalized spacial score (nSPS) is 18.8. The molecule has 0 saturated carbocycles. The van der Waals surface area contributed by atoms with E-state index in [1.54, 1.807) is 24.3 Å². The van der Waals surface area contributed by atoms with Crippen molar-refractivity contribution < 1.29 is 17.9 Å². The molecule has 1 unspecified atom stereocenters. The van der Waals surface area contributed by atoms with Gasteiger partial charge in [0.2, 0.25) is 15.9 Å². The lowest BCUT2D eigenvalue weighted by Crippen LogP contribution is -2.45. The molecule has 1 heterocycles. The van der Waals surface area contributed by atoms with Crippen molar-refractivity contribution in [1.82, 2.24) is 9.62 Å². The van der Waals surface area contributed by atoms with E-state index in [0.29, 0.717) is 32.5 Å². The number of nitrogens with zero attached hydrogens (tertiary/aromatic N) is 1. The molecule has 1 amide bonds. The topological polar surface area (TPSA) is 75.7 Å². The number of hydrogen-bond acceptors (Lipinski definition) is 4. The first-order valence-corrected chi connectivity index (χ1v) is 10.7. The Morgan fingerprint density at radius 1 is 1.31 bits per heavy atom. The highest BCUT2D eigenvalue weighted by Crippen LogP contribution is 2.24. The van der Waals surface area contributed by atoms with Crippen LogP contribution in [0.2, 0.25) is 0 Å². The van der Waals surface area contributed by atoms with Crippen molar-refractivity contribution in [2.75, 3.05) is 26.2 Å². The summed E-state index contributed by atoms with van der Waals surface area (Å²) in [7, 11) is -3.55. The van der Waals surface area contributed by atoms with Crippen molar-refractivity contribution in [1.29, 1.82) is 0 Å². The van der Waals surface area contributed by atoms with Gasteiger partial charge in [-0.2, -0.15) is 4.31 Å². The van der Waals surface area contributed by atoms with Crippen LogP contribution in [0.15, 0.2) is 29.2 Å². The maximum Gasteiger partial charge on any atom is 0.243 e. The fraction of sp³-hybridized carbons (Fsp3) is 0.632. The lowest BCUT2D eigenvalue weighted by molar-refractivity contribution is -0.126. The third-order valence-corrected chi connectivity index (χ3v) is 6.36. The zero-order valence-electron chi connectivity index (χ0n) is 15.9. The summed E-state index contributed by atoms with van der Waals surface area (Å²) < 4.78 is 32.5. The summed E-state index contributed by atoms with van der Waals surface area (Å²) in [6.45, 7) is 7.73. The van der Waals surface area contributed by atoms with Crippen molar-refractivity contribution in [3.8, 4) is 0 Å². The van der Waals surface area contributed by atoms with Crippen LogP contribution in [0, 0.1) is 12.8 Å². The van der Waals surface area contributed by atoms with Gasteiger partial charge in [0.1, 0.15) is 0 Å². The number of amides is 1. The molecule has 0 aromatic heterocycles. The Kier molecular flexibility index (Phi) is 7.61. The van der Waals surface area contributed by atoms with Crippen molar-refractivity contribution >= 4 is 15.9 Å². The van der Waals surface area contributed by atoms with Gasteiger partial charge in [-0.15, -0.1) is 0 Å². The molecule has 146 valence electrons. The van der Waals surface area contributed by atoms with E-state index in [2.05, 4.69) is 5.32 Å². The average molecular weight is 383 g/mol. The van der Waals surface area contributed by atoms with E-state index in [0.717, 1.165) is 12.0 Å². The number of nitrogens with one attached hydrogen (secondary N) is 1. The largest absolute Gasteiger partial charge is 0.379 e. The summed E-state index contributed by atoms with van der Waals surface area (Å²) in [5.74, 6) is -0.367. The first kappa shape index (κ1) is 20.9. The Bertz CT molecular complexity index is 686. The zero-order valence-corrected chi connectivity index (χ0v) is 16.7. The summed E-state index contributed by atoms with van der Waals surface area (Å²) in [6.07, 6.45) is 2.35. The zero-order chi connectivity index (χ0) is 19.2. The molecule has 0 spiro atoms. The smallest absolute Gasteiger partial charge is 0.243 e. The van der Waals surface area contributed by atoms with Crippen LogP contribution in [-0.4, -0.2) is 51.0 Å². The maximum absolute atomic E-state index is 12.8. The molecule has 1 aliphatic rings. The van der Waals surface area contributed by atoms with Gasteiger partial charge in [0.25, 0.3) is 0 Å². The standard InChI is InChI=1S/C19H30N2O4S/c1-15(2)25-13-5-11-20-19(22)17-6-4-12-21(14-17)26(23,24)18-9-7-16(3)8-10-18/h7-10,15,17H,4-6,11-14H2,1-3H3,(H,20,22). The molecule has 26 heavy (non-hydrogen) atoms. The summed E-state index contributed by atoms with van der Waals surface area (Å²) in [4.78, 5) is 12.7. The van der Waals surface area contributed by atoms with E-state index in [-0.39, 0.29) is 29.4 Å². The SMILES string of the molecule is Cc1ccc(S(=O)(=O)N2CCCC(C(=O)NCCCOC(C)C)C2)cc1. The van der Waals surface area contributed by atoms with Gasteiger partial charge in [-0.1, -0.05) is 17.7 Å². The number of carbonyl (C=O) groups is 1. The highest BCUT2D eigenvalue weighted by Gasteiger charge is 2.33. The van der Waals surface area contributed by atoms with E-state index in [1.807, 2.05) is 20.8 Å². The second kappa shape index (κ2) is 9.48. The first-order chi connectivity index (χ1) is 12.3. The Morgan fingerprint density at radius 3 is 2.65 bits per heavy atom. The van der Waals surface area contributed by atoms with Crippen LogP contribution < -0.4 is 5.32 Å². The van der Waals surface area contributed by atoms with Gasteiger partial charge in [0.15, 0.2) is 0 Å². The molecule has 7 heteroatoms. The molecule has 1 aliphatic heterocycles. The van der Waals surface area contributed by atoms with Crippen molar-refractivity contribution in [3.63, 3.8) is 0 Å². The first-order valence-electron chi connectivity index (χ1n) is 9.27. The summed E-state index contributed by atoms with van der Waals surface area (Å²) in [5, 5.41) is 2.90. The lowest BCUT2D eigenvalue weighted by atomic mass is 9.99. The van der Waals surface area contributed by atoms with E-state index in [1.165, 1.54) is 4.31 Å². The van der Waals surface area contributed by atoms with E-state index in [4.69, 9.17) is 4.74 Å². The summed E-state index contributed by atoms with van der Waals surface area (Å²) in [5.41, 5.74) is 1.02. The van der Waals surface area contributed by atoms with Crippen LogP contribution >= 0.6 is 0 Å². The minimum absolute atomic E-state index is 0.0710. The maximum atomic E-state index is 12.8. The second-order valence-corrected chi connectivity index (χ2v) is 9.02. The fourth-order valence-electron chi connectivity index (χ4n) is 2.98. The van der Waals surface area contributed by atoms with E-state index in [9.17, 15) is 13.2 Å².